The normalized spacial score (nSPS) is 52.9. The van der Waals surface area contributed by atoms with Gasteiger partial charge in [-0.05, 0) is 0 Å². The molecule has 0 amide bonds. The van der Waals surface area contributed by atoms with E-state index < -0.39 is 149 Å². The second-order valence-corrected chi connectivity index (χ2v) is 11.1. The van der Waals surface area contributed by atoms with E-state index in [4.69, 9.17) is 33.2 Å². The van der Waals surface area contributed by atoms with Gasteiger partial charge in [0.05, 0.1) is 26.4 Å². The maximum Gasteiger partial charge on any atom is 0.187 e. The molecule has 0 aromatic carbocycles. The van der Waals surface area contributed by atoms with E-state index in [-0.39, 0.29) is 0 Å². The van der Waals surface area contributed by atoms with Crippen LogP contribution in [0.25, 0.3) is 0 Å². The van der Waals surface area contributed by atoms with Crippen molar-refractivity contribution in [3.05, 3.63) is 0 Å². The fourth-order valence-corrected chi connectivity index (χ4v) is 5.54. The first-order valence-electron chi connectivity index (χ1n) is 14.1. The van der Waals surface area contributed by atoms with E-state index in [1.165, 1.54) is 0 Å². The molecule has 0 spiro atoms. The molecule has 4 aliphatic rings. The Morgan fingerprint density at radius 1 is 0.333 bits per heavy atom. The van der Waals surface area contributed by atoms with E-state index in [0.717, 1.165) is 0 Å². The molecule has 4 aliphatic heterocycles. The first kappa shape index (κ1) is 37.0. The van der Waals surface area contributed by atoms with Gasteiger partial charge in [-0.2, -0.15) is 0 Å². The van der Waals surface area contributed by atoms with Crippen LogP contribution in [0.1, 0.15) is 0 Å². The molecule has 0 aromatic rings. The maximum atomic E-state index is 10.9. The molecule has 21 nitrogen and oxygen atoms in total. The van der Waals surface area contributed by atoms with E-state index in [9.17, 15) is 71.5 Å². The molecule has 21 heteroatoms. The molecule has 4 heterocycles. The zero-order valence-electron chi connectivity index (χ0n) is 23.5. The fraction of sp³-hybridized carbons (Fsp3) is 1.00. The summed E-state index contributed by atoms with van der Waals surface area (Å²) in [6.07, 6.45) is -35.4. The summed E-state index contributed by atoms with van der Waals surface area (Å²) in [5, 5.41) is 142. The van der Waals surface area contributed by atoms with Crippen LogP contribution in [0.4, 0.5) is 0 Å². The van der Waals surface area contributed by atoms with Gasteiger partial charge >= 0.3 is 0 Å². The highest BCUT2D eigenvalue weighted by Crippen LogP contribution is 2.34. The van der Waals surface area contributed by atoms with Crippen LogP contribution in [-0.2, 0) is 33.2 Å². The van der Waals surface area contributed by atoms with Gasteiger partial charge in [0.2, 0.25) is 0 Å². The number of hydrogen-bond acceptors (Lipinski definition) is 21. The van der Waals surface area contributed by atoms with Crippen LogP contribution < -0.4 is 0 Å². The number of aliphatic hydroxyl groups is 14. The van der Waals surface area contributed by atoms with Crippen molar-refractivity contribution < 1.29 is 105 Å². The standard InChI is InChI=1S/C24H42O21/c25-1-5-9(29)11(31)14(34)22(40-5)43-18-7(3-27)41-23(15(35)12(18)32)44-19-8(4-28)42-24(16(36)13(19)33)45-20-10(30)6(2-26)39-21(38)17(20)37/h5-38H,1-4H2. The van der Waals surface area contributed by atoms with Crippen molar-refractivity contribution in [2.24, 2.45) is 0 Å². The Hall–Kier alpha value is -0.840. The molecule has 0 bridgehead atoms. The Bertz CT molecular complexity index is 912. The van der Waals surface area contributed by atoms with Crippen molar-refractivity contribution in [2.45, 2.75) is 123 Å². The number of rotatable bonds is 10. The highest BCUT2D eigenvalue weighted by atomic mass is 16.8. The minimum absolute atomic E-state index is 0.782. The Morgan fingerprint density at radius 2 is 0.689 bits per heavy atom. The van der Waals surface area contributed by atoms with E-state index in [1.54, 1.807) is 0 Å². The minimum atomic E-state index is -2.02. The third-order valence-corrected chi connectivity index (χ3v) is 8.20. The van der Waals surface area contributed by atoms with Gasteiger partial charge in [-0.3, -0.25) is 0 Å². The third kappa shape index (κ3) is 7.44. The lowest BCUT2D eigenvalue weighted by Crippen LogP contribution is -2.67. The molecule has 4 rings (SSSR count). The quantitative estimate of drug-likeness (QED) is 0.103. The van der Waals surface area contributed by atoms with E-state index in [0.29, 0.717) is 0 Å². The van der Waals surface area contributed by atoms with Crippen LogP contribution in [0.2, 0.25) is 0 Å². The molecule has 0 saturated carbocycles. The van der Waals surface area contributed by atoms with Gasteiger partial charge < -0.3 is 105 Å². The van der Waals surface area contributed by atoms with Crippen LogP contribution in [0.5, 0.6) is 0 Å². The smallest absolute Gasteiger partial charge is 0.187 e. The molecule has 0 radical (unpaired) electrons. The molecule has 0 aromatic heterocycles. The predicted molar refractivity (Wildman–Crippen MR) is 134 cm³/mol. The van der Waals surface area contributed by atoms with Gasteiger partial charge in [0.1, 0.15) is 97.7 Å². The summed E-state index contributed by atoms with van der Waals surface area (Å²) < 4.78 is 37.5. The highest BCUT2D eigenvalue weighted by Gasteiger charge is 2.55. The molecule has 4 fully saturated rings. The molecule has 20 unspecified atom stereocenters. The lowest BCUT2D eigenvalue weighted by atomic mass is 9.95. The lowest BCUT2D eigenvalue weighted by Gasteiger charge is -2.48. The molecule has 4 saturated heterocycles. The first-order valence-corrected chi connectivity index (χ1v) is 14.1. The number of aliphatic hydroxyl groups excluding tert-OH is 14. The molecular formula is C24H42O21. The molecule has 0 aliphatic carbocycles. The summed E-state index contributed by atoms with van der Waals surface area (Å²) in [4.78, 5) is 0. The van der Waals surface area contributed by atoms with Crippen LogP contribution >= 0.6 is 0 Å². The van der Waals surface area contributed by atoms with E-state index in [2.05, 4.69) is 0 Å². The maximum absolute atomic E-state index is 10.9. The molecule has 14 N–H and O–H groups in total. The molecule has 45 heavy (non-hydrogen) atoms. The topological polar surface area (TPSA) is 348 Å². The Morgan fingerprint density at radius 3 is 1.11 bits per heavy atom. The van der Waals surface area contributed by atoms with Crippen molar-refractivity contribution in [1.29, 1.82) is 0 Å². The van der Waals surface area contributed by atoms with E-state index in [1.807, 2.05) is 0 Å². The zero-order valence-corrected chi connectivity index (χ0v) is 23.5. The van der Waals surface area contributed by atoms with E-state index >= 15 is 0 Å². The lowest BCUT2D eigenvalue weighted by molar-refractivity contribution is -0.387. The third-order valence-electron chi connectivity index (χ3n) is 8.20. The van der Waals surface area contributed by atoms with Crippen LogP contribution in [0.15, 0.2) is 0 Å². The van der Waals surface area contributed by atoms with Crippen molar-refractivity contribution in [2.75, 3.05) is 26.4 Å². The monoisotopic (exact) mass is 666 g/mol. The van der Waals surface area contributed by atoms with Crippen molar-refractivity contribution in [1.82, 2.24) is 0 Å². The zero-order chi connectivity index (χ0) is 33.3. The SMILES string of the molecule is OCC1OC(OC2C(CO)OC(OC3C(CO)OC(OC4C(O)C(O)OC(CO)C4O)C(O)C3O)C(O)C2O)C(O)C(O)C1O. The average Bonchev–Trinajstić information content (AvgIpc) is 3.03. The van der Waals surface area contributed by atoms with Gasteiger partial charge in [0.15, 0.2) is 25.2 Å². The van der Waals surface area contributed by atoms with Crippen molar-refractivity contribution >= 4 is 0 Å². The fourth-order valence-electron chi connectivity index (χ4n) is 5.54. The van der Waals surface area contributed by atoms with Gasteiger partial charge in [-0.1, -0.05) is 0 Å². The van der Waals surface area contributed by atoms with Crippen LogP contribution in [0, 0.1) is 0 Å². The second-order valence-electron chi connectivity index (χ2n) is 11.1. The first-order chi connectivity index (χ1) is 21.3. The number of hydrogen-bond donors (Lipinski definition) is 14. The average molecular weight is 667 g/mol. The summed E-state index contributed by atoms with van der Waals surface area (Å²) in [6, 6.07) is 0. The van der Waals surface area contributed by atoms with Gasteiger partial charge in [-0.15, -0.1) is 0 Å². The Kier molecular flexibility index (Phi) is 12.8. The van der Waals surface area contributed by atoms with Crippen LogP contribution in [-0.4, -0.2) is 221 Å². The Balaban J connectivity index is 1.43. The molecular weight excluding hydrogens is 624 g/mol. The largest absolute Gasteiger partial charge is 0.394 e. The molecule has 264 valence electrons. The summed E-state index contributed by atoms with van der Waals surface area (Å²) in [5.74, 6) is 0. The second kappa shape index (κ2) is 15.6. The highest BCUT2D eigenvalue weighted by molar-refractivity contribution is 4.97. The van der Waals surface area contributed by atoms with Crippen molar-refractivity contribution in [3.8, 4) is 0 Å². The van der Waals surface area contributed by atoms with Gasteiger partial charge in [0, 0.05) is 0 Å². The molecule has 20 atom stereocenters. The van der Waals surface area contributed by atoms with Gasteiger partial charge in [0.25, 0.3) is 0 Å². The summed E-state index contributed by atoms with van der Waals surface area (Å²) >= 11 is 0. The predicted octanol–water partition coefficient (Wildman–Crippen LogP) is -9.75. The summed E-state index contributed by atoms with van der Waals surface area (Å²) in [7, 11) is 0. The van der Waals surface area contributed by atoms with Gasteiger partial charge in [-0.25, -0.2) is 0 Å². The number of ether oxygens (including phenoxy) is 7. The van der Waals surface area contributed by atoms with Crippen molar-refractivity contribution in [3.63, 3.8) is 0 Å². The summed E-state index contributed by atoms with van der Waals surface area (Å²) in [5.41, 5.74) is 0. The minimum Gasteiger partial charge on any atom is -0.394 e. The summed E-state index contributed by atoms with van der Waals surface area (Å²) in [6.45, 7) is -3.37. The Labute approximate surface area is 254 Å². The van der Waals surface area contributed by atoms with Crippen LogP contribution in [0.3, 0.4) is 0 Å².